The molecule has 0 amide bonds. The molecule has 1 aliphatic rings. The van der Waals surface area contributed by atoms with Crippen LogP contribution < -0.4 is 0 Å². The van der Waals surface area contributed by atoms with E-state index >= 15 is 0 Å². The van der Waals surface area contributed by atoms with Crippen LogP contribution in [0.1, 0.15) is 47.0 Å². The first-order valence-corrected chi connectivity index (χ1v) is 6.51. The van der Waals surface area contributed by atoms with Crippen molar-refractivity contribution in [2.75, 3.05) is 0 Å². The van der Waals surface area contributed by atoms with E-state index < -0.39 is 5.97 Å². The number of carboxylic acid groups (broad SMARTS) is 1. The Bertz CT molecular complexity index is 622. The first kappa shape index (κ1) is 11.3. The third-order valence-electron chi connectivity index (χ3n) is 3.70. The number of aromatic carboxylic acids is 1. The van der Waals surface area contributed by atoms with Gasteiger partial charge in [-0.25, -0.2) is 4.79 Å². The molecule has 1 aromatic carbocycles. The summed E-state index contributed by atoms with van der Waals surface area (Å²) in [5.41, 5.74) is 4.26. The van der Waals surface area contributed by atoms with Crippen LogP contribution in [0.25, 0.3) is 11.0 Å². The Morgan fingerprint density at radius 1 is 1.33 bits per heavy atom. The van der Waals surface area contributed by atoms with Crippen LogP contribution in [0, 0.1) is 0 Å². The van der Waals surface area contributed by atoms with Crippen molar-refractivity contribution >= 4 is 16.9 Å². The fourth-order valence-corrected chi connectivity index (χ4v) is 2.89. The molecule has 0 aliphatic heterocycles. The van der Waals surface area contributed by atoms with Gasteiger partial charge in [-0.15, -0.1) is 0 Å². The molecule has 0 spiro atoms. The normalized spacial score (nSPS) is 14.1. The van der Waals surface area contributed by atoms with Gasteiger partial charge in [0.05, 0.1) is 0 Å². The van der Waals surface area contributed by atoms with E-state index in [0.29, 0.717) is 0 Å². The molecule has 0 unspecified atom stereocenters. The van der Waals surface area contributed by atoms with Crippen LogP contribution in [0.4, 0.5) is 0 Å². The molecular weight excluding hydrogens is 228 g/mol. The number of furan rings is 1. The first-order chi connectivity index (χ1) is 8.70. The van der Waals surface area contributed by atoms with Crippen molar-refractivity contribution < 1.29 is 14.3 Å². The molecule has 1 N–H and O–H groups in total. The smallest absolute Gasteiger partial charge is 0.372 e. The molecular formula is C15H16O3. The number of benzene rings is 1. The lowest BCUT2D eigenvalue weighted by Gasteiger charge is -2.00. The van der Waals surface area contributed by atoms with Gasteiger partial charge in [-0.3, -0.25) is 0 Å². The maximum atomic E-state index is 11.2. The molecule has 0 bridgehead atoms. The lowest BCUT2D eigenvalue weighted by Crippen LogP contribution is -1.98. The number of carboxylic acids is 1. The molecule has 2 aromatic rings. The highest BCUT2D eigenvalue weighted by Crippen LogP contribution is 2.33. The van der Waals surface area contributed by atoms with E-state index in [0.717, 1.165) is 42.2 Å². The van der Waals surface area contributed by atoms with Crippen LogP contribution in [0.2, 0.25) is 0 Å². The van der Waals surface area contributed by atoms with E-state index in [1.54, 1.807) is 0 Å². The zero-order chi connectivity index (χ0) is 12.7. The SMILES string of the molecule is CCCc1c(C(=O)O)oc2cc3c(cc12)CCC3. The Morgan fingerprint density at radius 3 is 2.72 bits per heavy atom. The summed E-state index contributed by atoms with van der Waals surface area (Å²) >= 11 is 0. The van der Waals surface area contributed by atoms with Crippen LogP contribution in [-0.4, -0.2) is 11.1 Å². The summed E-state index contributed by atoms with van der Waals surface area (Å²) in [5.74, 6) is -0.842. The van der Waals surface area contributed by atoms with Gasteiger partial charge in [0.25, 0.3) is 0 Å². The quantitative estimate of drug-likeness (QED) is 0.897. The summed E-state index contributed by atoms with van der Waals surface area (Å²) in [6.07, 6.45) is 5.05. The van der Waals surface area contributed by atoms with Crippen LogP contribution in [0.3, 0.4) is 0 Å². The maximum Gasteiger partial charge on any atom is 0.372 e. The summed E-state index contributed by atoms with van der Waals surface area (Å²) in [6.45, 7) is 2.05. The van der Waals surface area contributed by atoms with Crippen molar-refractivity contribution in [1.29, 1.82) is 0 Å². The first-order valence-electron chi connectivity index (χ1n) is 6.51. The lowest BCUT2D eigenvalue weighted by molar-refractivity contribution is 0.0663. The second kappa shape index (κ2) is 4.16. The predicted molar refractivity (Wildman–Crippen MR) is 69.2 cm³/mol. The number of hydrogen-bond acceptors (Lipinski definition) is 2. The van der Waals surface area contributed by atoms with E-state index in [1.807, 2.05) is 6.07 Å². The van der Waals surface area contributed by atoms with Gasteiger partial charge in [0.1, 0.15) is 5.58 Å². The fourth-order valence-electron chi connectivity index (χ4n) is 2.89. The Labute approximate surface area is 105 Å². The molecule has 1 heterocycles. The lowest BCUT2D eigenvalue weighted by atomic mass is 10.0. The van der Waals surface area contributed by atoms with Gasteiger partial charge in [0.15, 0.2) is 0 Å². The van der Waals surface area contributed by atoms with Crippen molar-refractivity contribution in [1.82, 2.24) is 0 Å². The molecule has 18 heavy (non-hydrogen) atoms. The average Bonchev–Trinajstić information content (AvgIpc) is 2.91. The summed E-state index contributed by atoms with van der Waals surface area (Å²) < 4.78 is 5.54. The third kappa shape index (κ3) is 1.62. The Hall–Kier alpha value is -1.77. The molecule has 1 aliphatic carbocycles. The van der Waals surface area contributed by atoms with Crippen molar-refractivity contribution in [3.63, 3.8) is 0 Å². The number of carbonyl (C=O) groups is 1. The van der Waals surface area contributed by atoms with E-state index in [-0.39, 0.29) is 5.76 Å². The second-order valence-electron chi connectivity index (χ2n) is 4.94. The zero-order valence-corrected chi connectivity index (χ0v) is 10.5. The van der Waals surface area contributed by atoms with Gasteiger partial charge in [-0.1, -0.05) is 13.3 Å². The third-order valence-corrected chi connectivity index (χ3v) is 3.70. The summed E-state index contributed by atoms with van der Waals surface area (Å²) in [6, 6.07) is 4.17. The standard InChI is InChI=1S/C15H16O3/c1-2-4-11-12-7-9-5-3-6-10(9)8-13(12)18-14(11)15(16)17/h7-8H,2-6H2,1H3,(H,16,17). The summed E-state index contributed by atoms with van der Waals surface area (Å²) in [4.78, 5) is 11.2. The highest BCUT2D eigenvalue weighted by molar-refractivity contribution is 5.95. The van der Waals surface area contributed by atoms with Crippen LogP contribution in [-0.2, 0) is 19.3 Å². The number of hydrogen-bond donors (Lipinski definition) is 1. The highest BCUT2D eigenvalue weighted by atomic mass is 16.4. The highest BCUT2D eigenvalue weighted by Gasteiger charge is 2.21. The molecule has 0 saturated heterocycles. The van der Waals surface area contributed by atoms with E-state index in [4.69, 9.17) is 4.42 Å². The van der Waals surface area contributed by atoms with Gasteiger partial charge < -0.3 is 9.52 Å². The van der Waals surface area contributed by atoms with Crippen molar-refractivity contribution in [2.45, 2.75) is 39.0 Å². The largest absolute Gasteiger partial charge is 0.475 e. The molecule has 94 valence electrons. The number of rotatable bonds is 3. The molecule has 0 saturated carbocycles. The van der Waals surface area contributed by atoms with E-state index in [9.17, 15) is 9.90 Å². The van der Waals surface area contributed by atoms with Crippen molar-refractivity contribution in [2.24, 2.45) is 0 Å². The monoisotopic (exact) mass is 244 g/mol. The van der Waals surface area contributed by atoms with Crippen LogP contribution in [0.15, 0.2) is 16.5 Å². The van der Waals surface area contributed by atoms with E-state index in [2.05, 4.69) is 13.0 Å². The minimum Gasteiger partial charge on any atom is -0.475 e. The summed E-state index contributed by atoms with van der Waals surface area (Å²) in [5, 5.41) is 10.2. The van der Waals surface area contributed by atoms with Gasteiger partial charge in [0.2, 0.25) is 5.76 Å². The molecule has 3 nitrogen and oxygen atoms in total. The maximum absolute atomic E-state index is 11.2. The molecule has 0 radical (unpaired) electrons. The molecule has 0 atom stereocenters. The molecule has 3 rings (SSSR count). The Balaban J connectivity index is 2.25. The fraction of sp³-hybridized carbons (Fsp3) is 0.400. The van der Waals surface area contributed by atoms with Gasteiger partial charge in [-0.05, 0) is 48.9 Å². The molecule has 0 fully saturated rings. The number of aryl methyl sites for hydroxylation is 3. The van der Waals surface area contributed by atoms with Crippen molar-refractivity contribution in [3.05, 3.63) is 34.6 Å². The summed E-state index contributed by atoms with van der Waals surface area (Å²) in [7, 11) is 0. The second-order valence-corrected chi connectivity index (χ2v) is 4.94. The Kier molecular flexibility index (Phi) is 2.62. The minimum atomic E-state index is -0.963. The van der Waals surface area contributed by atoms with E-state index in [1.165, 1.54) is 17.5 Å². The molecule has 3 heteroatoms. The Morgan fingerprint density at radius 2 is 2.06 bits per heavy atom. The minimum absolute atomic E-state index is 0.121. The van der Waals surface area contributed by atoms with Gasteiger partial charge >= 0.3 is 5.97 Å². The van der Waals surface area contributed by atoms with Gasteiger partial charge in [0, 0.05) is 10.9 Å². The van der Waals surface area contributed by atoms with Crippen LogP contribution >= 0.6 is 0 Å². The number of fused-ring (bicyclic) bond motifs is 2. The zero-order valence-electron chi connectivity index (χ0n) is 10.5. The van der Waals surface area contributed by atoms with Crippen LogP contribution in [0.5, 0.6) is 0 Å². The van der Waals surface area contributed by atoms with Gasteiger partial charge in [-0.2, -0.15) is 0 Å². The topological polar surface area (TPSA) is 50.4 Å². The van der Waals surface area contributed by atoms with Crippen molar-refractivity contribution in [3.8, 4) is 0 Å². The molecule has 1 aromatic heterocycles. The average molecular weight is 244 g/mol. The predicted octanol–water partition coefficient (Wildman–Crippen LogP) is 3.57.